The number of aryl methyl sites for hydroxylation is 1. The second-order valence-electron chi connectivity index (χ2n) is 6.28. The van der Waals surface area contributed by atoms with Crippen LogP contribution in [0.2, 0.25) is 0 Å². The van der Waals surface area contributed by atoms with Crippen molar-refractivity contribution < 1.29 is 8.83 Å². The van der Waals surface area contributed by atoms with Crippen LogP contribution in [0.25, 0.3) is 21.7 Å². The van der Waals surface area contributed by atoms with Gasteiger partial charge >= 0.3 is 0 Å². The van der Waals surface area contributed by atoms with Crippen LogP contribution >= 0.6 is 11.3 Å². The standard InChI is InChI=1S/C20H20N2O2S/c1-13(18-11-15-7-4-5-8-17(15)24-18)22(3)12-16-14(2)23-20(21-16)19-9-6-10-25-19/h4-11,13H,12H2,1-3H3/t13-/m1/s1. The maximum absolute atomic E-state index is 6.00. The summed E-state index contributed by atoms with van der Waals surface area (Å²) < 4.78 is 11.8. The number of hydrogen-bond acceptors (Lipinski definition) is 5. The van der Waals surface area contributed by atoms with Gasteiger partial charge < -0.3 is 8.83 Å². The largest absolute Gasteiger partial charge is 0.459 e. The van der Waals surface area contributed by atoms with E-state index in [1.165, 1.54) is 0 Å². The molecule has 4 nitrogen and oxygen atoms in total. The summed E-state index contributed by atoms with van der Waals surface area (Å²) in [7, 11) is 2.08. The monoisotopic (exact) mass is 352 g/mol. The molecule has 0 aliphatic heterocycles. The lowest BCUT2D eigenvalue weighted by atomic mass is 10.2. The summed E-state index contributed by atoms with van der Waals surface area (Å²) in [5.74, 6) is 2.53. The van der Waals surface area contributed by atoms with E-state index >= 15 is 0 Å². The molecule has 0 fully saturated rings. The molecular formula is C20H20N2O2S. The molecule has 0 N–H and O–H groups in total. The third-order valence-electron chi connectivity index (χ3n) is 4.54. The van der Waals surface area contributed by atoms with Gasteiger partial charge in [-0.1, -0.05) is 24.3 Å². The van der Waals surface area contributed by atoms with Gasteiger partial charge in [0.25, 0.3) is 0 Å². The first-order chi connectivity index (χ1) is 12.1. The Labute approximate surface area is 150 Å². The van der Waals surface area contributed by atoms with Crippen molar-refractivity contribution >= 4 is 22.3 Å². The fourth-order valence-corrected chi connectivity index (χ4v) is 3.53. The molecule has 4 rings (SSSR count). The Hall–Kier alpha value is -2.37. The molecule has 0 unspecified atom stereocenters. The van der Waals surface area contributed by atoms with E-state index in [0.717, 1.165) is 33.1 Å². The van der Waals surface area contributed by atoms with Gasteiger partial charge in [0, 0.05) is 11.9 Å². The van der Waals surface area contributed by atoms with E-state index in [4.69, 9.17) is 8.83 Å². The fraction of sp³-hybridized carbons (Fsp3) is 0.250. The van der Waals surface area contributed by atoms with Crippen molar-refractivity contribution in [1.29, 1.82) is 0 Å². The average Bonchev–Trinajstić information content (AvgIpc) is 3.33. The second-order valence-corrected chi connectivity index (χ2v) is 7.22. The Bertz CT molecular complexity index is 951. The molecule has 0 saturated carbocycles. The number of rotatable bonds is 5. The predicted octanol–water partition coefficient (Wildman–Crippen LogP) is 5.65. The number of benzene rings is 1. The molecule has 4 aromatic rings. The molecule has 0 aliphatic rings. The van der Waals surface area contributed by atoms with Gasteiger partial charge in [-0.3, -0.25) is 4.90 Å². The third kappa shape index (κ3) is 3.13. The molecule has 3 heterocycles. The zero-order valence-electron chi connectivity index (χ0n) is 14.5. The molecule has 0 saturated heterocycles. The van der Waals surface area contributed by atoms with Crippen molar-refractivity contribution in [2.75, 3.05) is 7.05 Å². The highest BCUT2D eigenvalue weighted by atomic mass is 32.1. The molecule has 0 spiro atoms. The van der Waals surface area contributed by atoms with Gasteiger partial charge in [0.1, 0.15) is 17.1 Å². The zero-order valence-corrected chi connectivity index (χ0v) is 15.3. The van der Waals surface area contributed by atoms with E-state index in [1.54, 1.807) is 11.3 Å². The summed E-state index contributed by atoms with van der Waals surface area (Å²) in [6, 6.07) is 14.4. The number of hydrogen-bond donors (Lipinski definition) is 0. The molecule has 0 aliphatic carbocycles. The highest BCUT2D eigenvalue weighted by Gasteiger charge is 2.20. The molecule has 0 bridgehead atoms. The maximum atomic E-state index is 6.00. The number of furan rings is 1. The molecule has 0 amide bonds. The zero-order chi connectivity index (χ0) is 17.4. The number of thiophene rings is 1. The smallest absolute Gasteiger partial charge is 0.236 e. The van der Waals surface area contributed by atoms with Gasteiger partial charge in [0.05, 0.1) is 16.6 Å². The van der Waals surface area contributed by atoms with E-state index in [-0.39, 0.29) is 6.04 Å². The van der Waals surface area contributed by atoms with Crippen molar-refractivity contribution in [3.63, 3.8) is 0 Å². The number of fused-ring (bicyclic) bond motifs is 1. The summed E-state index contributed by atoms with van der Waals surface area (Å²) in [5.41, 5.74) is 1.89. The highest BCUT2D eigenvalue weighted by molar-refractivity contribution is 7.13. The molecule has 1 atom stereocenters. The van der Waals surface area contributed by atoms with Gasteiger partial charge in [-0.25, -0.2) is 4.98 Å². The van der Waals surface area contributed by atoms with Crippen LogP contribution in [0.3, 0.4) is 0 Å². The number of oxazole rings is 1. The average molecular weight is 352 g/mol. The minimum absolute atomic E-state index is 0.147. The second kappa shape index (κ2) is 6.50. The molecule has 5 heteroatoms. The first kappa shape index (κ1) is 16.1. The molecular weight excluding hydrogens is 332 g/mol. The quantitative estimate of drug-likeness (QED) is 0.465. The molecule has 3 aromatic heterocycles. The fourth-order valence-electron chi connectivity index (χ4n) is 2.88. The summed E-state index contributed by atoms with van der Waals surface area (Å²) in [4.78, 5) is 7.96. The highest BCUT2D eigenvalue weighted by Crippen LogP contribution is 2.30. The van der Waals surface area contributed by atoms with Gasteiger partial charge in [0.15, 0.2) is 0 Å². The number of nitrogens with zero attached hydrogens (tertiary/aromatic N) is 2. The van der Waals surface area contributed by atoms with Gasteiger partial charge in [-0.2, -0.15) is 0 Å². The van der Waals surface area contributed by atoms with Crippen molar-refractivity contribution in [2.45, 2.75) is 26.4 Å². The van der Waals surface area contributed by atoms with Crippen LogP contribution in [0.1, 0.15) is 30.2 Å². The lowest BCUT2D eigenvalue weighted by molar-refractivity contribution is 0.223. The van der Waals surface area contributed by atoms with Crippen LogP contribution in [0.15, 0.2) is 56.7 Å². The van der Waals surface area contributed by atoms with E-state index in [1.807, 2.05) is 42.6 Å². The number of aromatic nitrogens is 1. The summed E-state index contributed by atoms with van der Waals surface area (Å²) in [6.07, 6.45) is 0. The predicted molar refractivity (Wildman–Crippen MR) is 101 cm³/mol. The van der Waals surface area contributed by atoms with Crippen molar-refractivity contribution in [3.05, 3.63) is 65.1 Å². The molecule has 128 valence electrons. The van der Waals surface area contributed by atoms with Crippen LogP contribution in [-0.4, -0.2) is 16.9 Å². The Kier molecular flexibility index (Phi) is 4.19. The minimum atomic E-state index is 0.147. The van der Waals surface area contributed by atoms with Gasteiger partial charge in [-0.05, 0) is 44.5 Å². The lowest BCUT2D eigenvalue weighted by Gasteiger charge is -2.21. The number of para-hydroxylation sites is 1. The summed E-state index contributed by atoms with van der Waals surface area (Å²) in [6.45, 7) is 4.82. The van der Waals surface area contributed by atoms with E-state index in [2.05, 4.69) is 36.0 Å². The Balaban J connectivity index is 1.54. The minimum Gasteiger partial charge on any atom is -0.459 e. The maximum Gasteiger partial charge on any atom is 0.236 e. The van der Waals surface area contributed by atoms with E-state index in [9.17, 15) is 0 Å². The van der Waals surface area contributed by atoms with Crippen molar-refractivity contribution in [1.82, 2.24) is 9.88 Å². The Morgan fingerprint density at radius 1 is 1.16 bits per heavy atom. The van der Waals surface area contributed by atoms with Crippen LogP contribution < -0.4 is 0 Å². The SMILES string of the molecule is Cc1oc(-c2cccs2)nc1CN(C)[C@H](C)c1cc2ccccc2o1. The first-order valence-electron chi connectivity index (χ1n) is 8.30. The van der Waals surface area contributed by atoms with Crippen LogP contribution in [0, 0.1) is 6.92 Å². The van der Waals surface area contributed by atoms with Gasteiger partial charge in [0.2, 0.25) is 5.89 Å². The Morgan fingerprint density at radius 2 is 2.00 bits per heavy atom. The van der Waals surface area contributed by atoms with Crippen molar-refractivity contribution in [3.8, 4) is 10.8 Å². The molecule has 1 aromatic carbocycles. The van der Waals surface area contributed by atoms with Crippen LogP contribution in [-0.2, 0) is 6.54 Å². The topological polar surface area (TPSA) is 42.4 Å². The van der Waals surface area contributed by atoms with E-state index < -0.39 is 0 Å². The van der Waals surface area contributed by atoms with Crippen LogP contribution in [0.4, 0.5) is 0 Å². The van der Waals surface area contributed by atoms with Crippen LogP contribution in [0.5, 0.6) is 0 Å². The molecule has 0 radical (unpaired) electrons. The first-order valence-corrected chi connectivity index (χ1v) is 9.18. The van der Waals surface area contributed by atoms with Crippen molar-refractivity contribution in [2.24, 2.45) is 0 Å². The summed E-state index contributed by atoms with van der Waals surface area (Å²) >= 11 is 1.64. The Morgan fingerprint density at radius 3 is 2.76 bits per heavy atom. The lowest BCUT2D eigenvalue weighted by Crippen LogP contribution is -2.22. The summed E-state index contributed by atoms with van der Waals surface area (Å²) in [5, 5.41) is 3.17. The van der Waals surface area contributed by atoms with E-state index in [0.29, 0.717) is 12.4 Å². The normalized spacial score (nSPS) is 13.0. The van der Waals surface area contributed by atoms with Gasteiger partial charge in [-0.15, -0.1) is 11.3 Å². The molecule has 25 heavy (non-hydrogen) atoms. The third-order valence-corrected chi connectivity index (χ3v) is 5.40.